The standard InChI is InChI=1S/C8H9N3O3/c1-4-3-5(2)10-6(8(9)12)7(4)11(13)14/h3H,1-2H3,(H2,9,12). The zero-order chi connectivity index (χ0) is 10.9. The molecule has 0 aliphatic heterocycles. The molecule has 0 radical (unpaired) electrons. The molecule has 0 bridgehead atoms. The molecule has 14 heavy (non-hydrogen) atoms. The maximum absolute atomic E-state index is 10.9. The van der Waals surface area contributed by atoms with Crippen LogP contribution < -0.4 is 5.73 Å². The Morgan fingerprint density at radius 2 is 2.14 bits per heavy atom. The highest BCUT2D eigenvalue weighted by Gasteiger charge is 2.23. The summed E-state index contributed by atoms with van der Waals surface area (Å²) in [5.74, 6) is -0.886. The van der Waals surface area contributed by atoms with E-state index in [2.05, 4.69) is 4.98 Å². The Labute approximate surface area is 79.9 Å². The van der Waals surface area contributed by atoms with E-state index in [0.29, 0.717) is 11.3 Å². The van der Waals surface area contributed by atoms with Crippen LogP contribution in [0.25, 0.3) is 0 Å². The Kier molecular flexibility index (Phi) is 2.46. The van der Waals surface area contributed by atoms with Gasteiger partial charge in [0.2, 0.25) is 5.69 Å². The molecule has 6 nitrogen and oxygen atoms in total. The van der Waals surface area contributed by atoms with Crippen LogP contribution in [-0.2, 0) is 0 Å². The van der Waals surface area contributed by atoms with E-state index < -0.39 is 10.8 Å². The van der Waals surface area contributed by atoms with Gasteiger partial charge in [0.05, 0.1) is 4.92 Å². The zero-order valence-electron chi connectivity index (χ0n) is 7.77. The first-order chi connectivity index (χ1) is 6.43. The molecule has 0 saturated heterocycles. The number of aryl methyl sites for hydroxylation is 2. The second kappa shape index (κ2) is 3.41. The van der Waals surface area contributed by atoms with Crippen LogP contribution in [0.5, 0.6) is 0 Å². The number of carbonyl (C=O) groups is 1. The van der Waals surface area contributed by atoms with Gasteiger partial charge in [-0.1, -0.05) is 0 Å². The van der Waals surface area contributed by atoms with Gasteiger partial charge in [-0.3, -0.25) is 14.9 Å². The van der Waals surface area contributed by atoms with Crippen molar-refractivity contribution < 1.29 is 9.72 Å². The van der Waals surface area contributed by atoms with Gasteiger partial charge in [-0.2, -0.15) is 0 Å². The van der Waals surface area contributed by atoms with Crippen molar-refractivity contribution in [3.8, 4) is 0 Å². The van der Waals surface area contributed by atoms with Crippen molar-refractivity contribution >= 4 is 11.6 Å². The molecule has 74 valence electrons. The number of rotatable bonds is 2. The Morgan fingerprint density at radius 1 is 1.57 bits per heavy atom. The van der Waals surface area contributed by atoms with Gasteiger partial charge in [0.25, 0.3) is 5.91 Å². The van der Waals surface area contributed by atoms with Gasteiger partial charge >= 0.3 is 5.69 Å². The summed E-state index contributed by atoms with van der Waals surface area (Å²) in [6.45, 7) is 3.18. The van der Waals surface area contributed by atoms with E-state index in [4.69, 9.17) is 5.73 Å². The van der Waals surface area contributed by atoms with Crippen LogP contribution in [0.3, 0.4) is 0 Å². The van der Waals surface area contributed by atoms with Crippen LogP contribution in [0.4, 0.5) is 5.69 Å². The topological polar surface area (TPSA) is 99.1 Å². The molecule has 0 spiro atoms. The molecule has 2 N–H and O–H groups in total. The molecule has 0 unspecified atom stereocenters. The summed E-state index contributed by atoms with van der Waals surface area (Å²) in [5.41, 5.74) is 5.30. The molecule has 0 fully saturated rings. The lowest BCUT2D eigenvalue weighted by molar-refractivity contribution is -0.386. The summed E-state index contributed by atoms with van der Waals surface area (Å²) in [7, 11) is 0. The van der Waals surface area contributed by atoms with Crippen molar-refractivity contribution in [2.75, 3.05) is 0 Å². The molecule has 0 aromatic carbocycles. The summed E-state index contributed by atoms with van der Waals surface area (Å²) in [5, 5.41) is 10.6. The minimum absolute atomic E-state index is 0.285. The van der Waals surface area contributed by atoms with E-state index in [-0.39, 0.29) is 11.4 Å². The Bertz CT molecular complexity index is 415. The summed E-state index contributed by atoms with van der Waals surface area (Å²) in [6.07, 6.45) is 0. The van der Waals surface area contributed by atoms with Gasteiger partial charge < -0.3 is 5.73 Å². The maximum Gasteiger partial charge on any atom is 0.303 e. The number of carbonyl (C=O) groups excluding carboxylic acids is 1. The van der Waals surface area contributed by atoms with E-state index in [0.717, 1.165) is 0 Å². The predicted octanol–water partition coefficient (Wildman–Crippen LogP) is 0.706. The molecule has 0 atom stereocenters. The molecule has 1 heterocycles. The third-order valence-electron chi connectivity index (χ3n) is 1.73. The monoisotopic (exact) mass is 195 g/mol. The highest BCUT2D eigenvalue weighted by atomic mass is 16.6. The normalized spacial score (nSPS) is 9.86. The van der Waals surface area contributed by atoms with Gasteiger partial charge in [0.1, 0.15) is 0 Å². The number of primary amides is 1. The van der Waals surface area contributed by atoms with Crippen LogP contribution in [0, 0.1) is 24.0 Å². The highest BCUT2D eigenvalue weighted by molar-refractivity contribution is 5.95. The summed E-state index contributed by atoms with van der Waals surface area (Å²) in [4.78, 5) is 24.6. The lowest BCUT2D eigenvalue weighted by Gasteiger charge is -2.02. The van der Waals surface area contributed by atoms with E-state index >= 15 is 0 Å². The quantitative estimate of drug-likeness (QED) is 0.554. The fraction of sp³-hybridized carbons (Fsp3) is 0.250. The molecule has 0 aliphatic carbocycles. The van der Waals surface area contributed by atoms with E-state index in [1.54, 1.807) is 13.8 Å². The van der Waals surface area contributed by atoms with Crippen molar-refractivity contribution in [1.29, 1.82) is 0 Å². The number of hydrogen-bond donors (Lipinski definition) is 1. The molecular formula is C8H9N3O3. The van der Waals surface area contributed by atoms with Crippen molar-refractivity contribution in [2.24, 2.45) is 5.73 Å². The van der Waals surface area contributed by atoms with Crippen LogP contribution in [0.15, 0.2) is 6.07 Å². The second-order valence-corrected chi connectivity index (χ2v) is 2.90. The van der Waals surface area contributed by atoms with Gasteiger partial charge in [-0.25, -0.2) is 4.98 Å². The number of nitrogens with zero attached hydrogens (tertiary/aromatic N) is 2. The fourth-order valence-corrected chi connectivity index (χ4v) is 1.23. The first-order valence-corrected chi connectivity index (χ1v) is 3.86. The third kappa shape index (κ3) is 1.68. The van der Waals surface area contributed by atoms with Crippen molar-refractivity contribution in [3.63, 3.8) is 0 Å². The van der Waals surface area contributed by atoms with Crippen LogP contribution in [0.1, 0.15) is 21.7 Å². The lowest BCUT2D eigenvalue weighted by Crippen LogP contribution is -2.16. The fourth-order valence-electron chi connectivity index (χ4n) is 1.23. The van der Waals surface area contributed by atoms with E-state index in [1.807, 2.05) is 0 Å². The minimum atomic E-state index is -0.886. The Morgan fingerprint density at radius 3 is 2.57 bits per heavy atom. The lowest BCUT2D eigenvalue weighted by atomic mass is 10.1. The number of hydrogen-bond acceptors (Lipinski definition) is 4. The third-order valence-corrected chi connectivity index (χ3v) is 1.73. The second-order valence-electron chi connectivity index (χ2n) is 2.90. The summed E-state index contributed by atoms with van der Waals surface area (Å²) < 4.78 is 0. The largest absolute Gasteiger partial charge is 0.364 e. The summed E-state index contributed by atoms with van der Waals surface area (Å²) in [6, 6.07) is 1.53. The number of nitro groups is 1. The van der Waals surface area contributed by atoms with Crippen molar-refractivity contribution in [2.45, 2.75) is 13.8 Å². The number of aromatic nitrogens is 1. The molecule has 1 rings (SSSR count). The van der Waals surface area contributed by atoms with E-state index in [9.17, 15) is 14.9 Å². The number of pyridine rings is 1. The van der Waals surface area contributed by atoms with Crippen LogP contribution >= 0.6 is 0 Å². The average molecular weight is 195 g/mol. The van der Waals surface area contributed by atoms with Crippen molar-refractivity contribution in [3.05, 3.63) is 33.1 Å². The van der Waals surface area contributed by atoms with Gasteiger partial charge in [-0.05, 0) is 19.9 Å². The molecule has 1 amide bonds. The Balaban J connectivity index is 3.52. The molecule has 1 aromatic heterocycles. The molecule has 6 heteroatoms. The number of nitrogens with two attached hydrogens (primary N) is 1. The van der Waals surface area contributed by atoms with Gasteiger partial charge in [0, 0.05) is 11.3 Å². The number of amides is 1. The molecule has 0 aliphatic rings. The van der Waals surface area contributed by atoms with Gasteiger partial charge in [0.15, 0.2) is 0 Å². The maximum atomic E-state index is 10.9. The SMILES string of the molecule is Cc1cc(C)c([N+](=O)[O-])c(C(N)=O)n1. The highest BCUT2D eigenvalue weighted by Crippen LogP contribution is 2.21. The molecule has 0 saturated carbocycles. The first-order valence-electron chi connectivity index (χ1n) is 3.86. The molecule has 1 aromatic rings. The zero-order valence-corrected chi connectivity index (χ0v) is 7.77. The van der Waals surface area contributed by atoms with Crippen LogP contribution in [-0.4, -0.2) is 15.8 Å². The molecular weight excluding hydrogens is 186 g/mol. The smallest absolute Gasteiger partial charge is 0.303 e. The minimum Gasteiger partial charge on any atom is -0.364 e. The van der Waals surface area contributed by atoms with Crippen LogP contribution in [0.2, 0.25) is 0 Å². The Hall–Kier alpha value is -1.98. The average Bonchev–Trinajstić information content (AvgIpc) is 2.01. The predicted molar refractivity (Wildman–Crippen MR) is 48.9 cm³/mol. The summed E-state index contributed by atoms with van der Waals surface area (Å²) >= 11 is 0. The van der Waals surface area contributed by atoms with E-state index in [1.165, 1.54) is 6.07 Å². The first kappa shape index (κ1) is 10.1. The van der Waals surface area contributed by atoms with Gasteiger partial charge in [-0.15, -0.1) is 0 Å². The van der Waals surface area contributed by atoms with Crippen molar-refractivity contribution in [1.82, 2.24) is 4.98 Å².